The normalized spacial score (nSPS) is 21.0. The number of carbonyl (C=O) groups is 1. The topological polar surface area (TPSA) is 44.4 Å². The Labute approximate surface area is 135 Å². The van der Waals surface area contributed by atoms with Gasteiger partial charge in [-0.1, -0.05) is 23.2 Å². The highest BCUT2D eigenvalue weighted by Gasteiger charge is 2.26. The summed E-state index contributed by atoms with van der Waals surface area (Å²) in [6.45, 7) is 3.78. The minimum Gasteiger partial charge on any atom is -0.325 e. The Bertz CT molecular complexity index is 510. The lowest BCUT2D eigenvalue weighted by Gasteiger charge is -2.35. The number of hydrogen-bond donors (Lipinski definition) is 2. The third-order valence-corrected chi connectivity index (χ3v) is 4.71. The van der Waals surface area contributed by atoms with E-state index in [4.69, 9.17) is 23.2 Å². The van der Waals surface area contributed by atoms with E-state index in [-0.39, 0.29) is 11.9 Å². The Morgan fingerprint density at radius 3 is 2.81 bits per heavy atom. The van der Waals surface area contributed by atoms with E-state index < -0.39 is 0 Å². The van der Waals surface area contributed by atoms with E-state index in [2.05, 4.69) is 15.5 Å². The summed E-state index contributed by atoms with van der Waals surface area (Å²) < 4.78 is 0. The van der Waals surface area contributed by atoms with E-state index in [9.17, 15) is 4.79 Å². The molecule has 0 bridgehead atoms. The van der Waals surface area contributed by atoms with Crippen LogP contribution in [0.5, 0.6) is 0 Å². The maximum atomic E-state index is 12.4. The van der Waals surface area contributed by atoms with Gasteiger partial charge in [0, 0.05) is 18.3 Å². The first kappa shape index (κ1) is 16.6. The van der Waals surface area contributed by atoms with Crippen LogP contribution >= 0.6 is 23.2 Å². The Morgan fingerprint density at radius 1 is 1.38 bits per heavy atom. The van der Waals surface area contributed by atoms with Gasteiger partial charge in [0.2, 0.25) is 5.91 Å². The van der Waals surface area contributed by atoms with Gasteiger partial charge in [0.1, 0.15) is 0 Å². The molecule has 0 aromatic heterocycles. The van der Waals surface area contributed by atoms with E-state index in [1.54, 1.807) is 18.2 Å². The lowest BCUT2D eigenvalue weighted by atomic mass is 10.0. The molecular weight excluding hydrogens is 309 g/mol. The molecule has 1 amide bonds. The molecule has 0 aliphatic carbocycles. The van der Waals surface area contributed by atoms with Crippen LogP contribution in [0.3, 0.4) is 0 Å². The number of halogens is 2. The summed E-state index contributed by atoms with van der Waals surface area (Å²) in [7, 11) is 1.97. The first-order valence-corrected chi connectivity index (χ1v) is 7.94. The van der Waals surface area contributed by atoms with Crippen molar-refractivity contribution in [3.8, 4) is 0 Å². The third kappa shape index (κ3) is 4.33. The van der Waals surface area contributed by atoms with Crippen LogP contribution in [-0.4, -0.2) is 43.0 Å². The zero-order chi connectivity index (χ0) is 15.4. The van der Waals surface area contributed by atoms with Crippen molar-refractivity contribution in [3.63, 3.8) is 0 Å². The SMILES string of the molecule is CNC1CCCN(C(C)C(=O)Nc2ccc(Cl)c(Cl)c2)C1. The lowest BCUT2D eigenvalue weighted by molar-refractivity contribution is -0.121. The van der Waals surface area contributed by atoms with Gasteiger partial charge in [-0.15, -0.1) is 0 Å². The first-order chi connectivity index (χ1) is 10.0. The smallest absolute Gasteiger partial charge is 0.241 e. The number of carbonyl (C=O) groups excluding carboxylic acids is 1. The molecule has 1 fully saturated rings. The average Bonchev–Trinajstić information content (AvgIpc) is 2.50. The zero-order valence-corrected chi connectivity index (χ0v) is 13.8. The monoisotopic (exact) mass is 329 g/mol. The van der Waals surface area contributed by atoms with E-state index in [0.29, 0.717) is 21.8 Å². The molecule has 116 valence electrons. The Balaban J connectivity index is 1.97. The van der Waals surface area contributed by atoms with Crippen LogP contribution in [0.1, 0.15) is 19.8 Å². The molecule has 1 aromatic rings. The summed E-state index contributed by atoms with van der Waals surface area (Å²) in [4.78, 5) is 14.6. The van der Waals surface area contributed by atoms with Crippen molar-refractivity contribution >= 4 is 34.8 Å². The Morgan fingerprint density at radius 2 is 2.14 bits per heavy atom. The number of anilines is 1. The lowest BCUT2D eigenvalue weighted by Crippen LogP contribution is -2.51. The van der Waals surface area contributed by atoms with Gasteiger partial charge in [-0.05, 0) is 51.6 Å². The summed E-state index contributed by atoms with van der Waals surface area (Å²) >= 11 is 11.8. The molecule has 1 saturated heterocycles. The van der Waals surface area contributed by atoms with Gasteiger partial charge in [-0.3, -0.25) is 9.69 Å². The van der Waals surface area contributed by atoms with Crippen molar-refractivity contribution in [1.82, 2.24) is 10.2 Å². The maximum Gasteiger partial charge on any atom is 0.241 e. The molecule has 21 heavy (non-hydrogen) atoms. The molecular formula is C15H21Cl2N3O. The number of nitrogens with zero attached hydrogens (tertiary/aromatic N) is 1. The Kier molecular flexibility index (Phi) is 5.88. The molecule has 2 rings (SSSR count). The molecule has 2 unspecified atom stereocenters. The molecule has 1 aliphatic heterocycles. The van der Waals surface area contributed by atoms with Crippen LogP contribution in [0.25, 0.3) is 0 Å². The standard InChI is InChI=1S/C15H21Cl2N3O/c1-10(20-7-3-4-12(9-20)18-2)15(21)19-11-5-6-13(16)14(17)8-11/h5-6,8,10,12,18H,3-4,7,9H2,1-2H3,(H,19,21). The summed E-state index contributed by atoms with van der Waals surface area (Å²) in [5, 5.41) is 7.10. The predicted molar refractivity (Wildman–Crippen MR) is 88.2 cm³/mol. The summed E-state index contributed by atoms with van der Waals surface area (Å²) in [6.07, 6.45) is 2.27. The van der Waals surface area contributed by atoms with Gasteiger partial charge >= 0.3 is 0 Å². The van der Waals surface area contributed by atoms with E-state index >= 15 is 0 Å². The number of likely N-dealkylation sites (tertiary alicyclic amines) is 1. The van der Waals surface area contributed by atoms with Crippen LogP contribution in [0.4, 0.5) is 5.69 Å². The fraction of sp³-hybridized carbons (Fsp3) is 0.533. The highest BCUT2D eigenvalue weighted by atomic mass is 35.5. The number of nitrogens with one attached hydrogen (secondary N) is 2. The van der Waals surface area contributed by atoms with Crippen molar-refractivity contribution < 1.29 is 4.79 Å². The predicted octanol–water partition coefficient (Wildman–Crippen LogP) is 3.00. The highest BCUT2D eigenvalue weighted by molar-refractivity contribution is 6.42. The third-order valence-electron chi connectivity index (χ3n) is 3.98. The van der Waals surface area contributed by atoms with Crippen molar-refractivity contribution in [3.05, 3.63) is 28.2 Å². The molecule has 1 aliphatic rings. The van der Waals surface area contributed by atoms with Gasteiger partial charge in [0.15, 0.2) is 0 Å². The molecule has 2 N–H and O–H groups in total. The van der Waals surface area contributed by atoms with Crippen molar-refractivity contribution in [2.45, 2.75) is 31.8 Å². The molecule has 0 saturated carbocycles. The zero-order valence-electron chi connectivity index (χ0n) is 12.3. The molecule has 1 aromatic carbocycles. The van der Waals surface area contributed by atoms with E-state index in [1.165, 1.54) is 0 Å². The molecule has 6 heteroatoms. The number of rotatable bonds is 4. The van der Waals surface area contributed by atoms with Gasteiger partial charge in [0.05, 0.1) is 16.1 Å². The molecule has 4 nitrogen and oxygen atoms in total. The van der Waals surface area contributed by atoms with Gasteiger partial charge < -0.3 is 10.6 Å². The summed E-state index contributed by atoms with van der Waals surface area (Å²) in [5.74, 6) is -0.0230. The number of hydrogen-bond acceptors (Lipinski definition) is 3. The van der Waals surface area contributed by atoms with Gasteiger partial charge in [0.25, 0.3) is 0 Å². The quantitative estimate of drug-likeness (QED) is 0.892. The fourth-order valence-corrected chi connectivity index (χ4v) is 2.88. The van der Waals surface area contributed by atoms with E-state index in [0.717, 1.165) is 25.9 Å². The van der Waals surface area contributed by atoms with Crippen LogP contribution in [0, 0.1) is 0 Å². The average molecular weight is 330 g/mol. The summed E-state index contributed by atoms with van der Waals surface area (Å²) in [6, 6.07) is 5.39. The van der Waals surface area contributed by atoms with E-state index in [1.807, 2.05) is 14.0 Å². The minimum atomic E-state index is -0.171. The number of amides is 1. The maximum absolute atomic E-state index is 12.4. The van der Waals surface area contributed by atoms with Crippen molar-refractivity contribution in [2.75, 3.05) is 25.5 Å². The second-order valence-corrected chi connectivity index (χ2v) is 6.23. The van der Waals surface area contributed by atoms with Crippen LogP contribution in [0.2, 0.25) is 10.0 Å². The molecule has 1 heterocycles. The van der Waals surface area contributed by atoms with Gasteiger partial charge in [-0.2, -0.15) is 0 Å². The molecule has 0 radical (unpaired) electrons. The fourth-order valence-electron chi connectivity index (χ4n) is 2.58. The Hall–Kier alpha value is -0.810. The molecule has 0 spiro atoms. The molecule has 2 atom stereocenters. The highest BCUT2D eigenvalue weighted by Crippen LogP contribution is 2.25. The minimum absolute atomic E-state index is 0.0230. The van der Waals surface area contributed by atoms with Crippen LogP contribution in [-0.2, 0) is 4.79 Å². The van der Waals surface area contributed by atoms with Gasteiger partial charge in [-0.25, -0.2) is 0 Å². The van der Waals surface area contributed by atoms with Crippen LogP contribution in [0.15, 0.2) is 18.2 Å². The second kappa shape index (κ2) is 7.45. The van der Waals surface area contributed by atoms with Crippen molar-refractivity contribution in [1.29, 1.82) is 0 Å². The van der Waals surface area contributed by atoms with Crippen molar-refractivity contribution in [2.24, 2.45) is 0 Å². The largest absolute Gasteiger partial charge is 0.325 e. The summed E-state index contributed by atoms with van der Waals surface area (Å²) in [5.41, 5.74) is 0.670. The van der Waals surface area contributed by atoms with Crippen LogP contribution < -0.4 is 10.6 Å². The number of piperidine rings is 1. The second-order valence-electron chi connectivity index (χ2n) is 5.42. The number of likely N-dealkylation sites (N-methyl/N-ethyl adjacent to an activating group) is 1. The number of benzene rings is 1. The first-order valence-electron chi connectivity index (χ1n) is 7.18.